The van der Waals surface area contributed by atoms with Gasteiger partial charge in [-0.15, -0.1) is 0 Å². The Bertz CT molecular complexity index is 1330. The molecule has 0 fully saturated rings. The van der Waals surface area contributed by atoms with Gasteiger partial charge in [0.1, 0.15) is 13.2 Å². The first-order chi connectivity index (χ1) is 31.0. The molecule has 0 N–H and O–H groups in total. The molecule has 0 rings (SSSR count). The van der Waals surface area contributed by atoms with E-state index in [0.29, 0.717) is 19.3 Å². The first-order valence-corrected chi connectivity index (χ1v) is 25.4. The van der Waals surface area contributed by atoms with Crippen LogP contribution in [0.1, 0.15) is 213 Å². The monoisotopic (exact) mass is 873 g/mol. The Balaban J connectivity index is 4.19. The second kappa shape index (κ2) is 50.7. The molecule has 0 saturated heterocycles. The van der Waals surface area contributed by atoms with Crippen LogP contribution in [-0.2, 0) is 28.6 Å². The van der Waals surface area contributed by atoms with Crippen molar-refractivity contribution in [2.24, 2.45) is 0 Å². The molecular formula is C57H92O6. The maximum Gasteiger partial charge on any atom is 0.306 e. The van der Waals surface area contributed by atoms with Gasteiger partial charge >= 0.3 is 17.9 Å². The van der Waals surface area contributed by atoms with Crippen molar-refractivity contribution in [1.82, 2.24) is 0 Å². The fourth-order valence-electron chi connectivity index (χ4n) is 6.46. The van der Waals surface area contributed by atoms with Crippen molar-refractivity contribution in [2.75, 3.05) is 13.2 Å². The van der Waals surface area contributed by atoms with Gasteiger partial charge in [0, 0.05) is 19.3 Å². The first-order valence-electron chi connectivity index (χ1n) is 25.4. The zero-order valence-electron chi connectivity index (χ0n) is 40.5. The average molecular weight is 873 g/mol. The number of carbonyl (C=O) groups excluding carboxylic acids is 3. The van der Waals surface area contributed by atoms with E-state index in [9.17, 15) is 14.4 Å². The summed E-state index contributed by atoms with van der Waals surface area (Å²) >= 11 is 0. The van der Waals surface area contributed by atoms with Crippen LogP contribution < -0.4 is 0 Å². The van der Waals surface area contributed by atoms with Crippen LogP contribution in [0.2, 0.25) is 0 Å². The average Bonchev–Trinajstić information content (AvgIpc) is 3.28. The molecule has 0 heterocycles. The van der Waals surface area contributed by atoms with Gasteiger partial charge in [0.2, 0.25) is 0 Å². The lowest BCUT2D eigenvalue weighted by molar-refractivity contribution is -0.167. The lowest BCUT2D eigenvalue weighted by Gasteiger charge is -2.18. The van der Waals surface area contributed by atoms with Crippen molar-refractivity contribution in [3.8, 4) is 0 Å². The summed E-state index contributed by atoms with van der Waals surface area (Å²) in [6, 6.07) is 0. The summed E-state index contributed by atoms with van der Waals surface area (Å²) in [5, 5.41) is 0. The SMILES string of the molecule is CC/C=C\C/C=C\C/C=C\C/C=C\C/C=C\C/C=C\C/C=C\CCCCCCCC(=O)OCC(COC(=O)CCCCCCC)OC(=O)CCCCCCC/C=C\C/C=C\CCC. The summed E-state index contributed by atoms with van der Waals surface area (Å²) in [7, 11) is 0. The predicted molar refractivity (Wildman–Crippen MR) is 270 cm³/mol. The quantitative estimate of drug-likeness (QED) is 0.0263. The number of rotatable bonds is 44. The summed E-state index contributed by atoms with van der Waals surface area (Å²) in [6.07, 6.45) is 68.3. The number of esters is 3. The van der Waals surface area contributed by atoms with E-state index in [1.165, 1.54) is 6.42 Å². The fraction of sp³-hybridized carbons (Fsp3) is 0.632. The van der Waals surface area contributed by atoms with Crippen LogP contribution in [0.3, 0.4) is 0 Å². The highest BCUT2D eigenvalue weighted by Crippen LogP contribution is 2.12. The van der Waals surface area contributed by atoms with E-state index in [2.05, 4.69) is 130 Å². The molecule has 0 spiro atoms. The Morgan fingerprint density at radius 2 is 0.651 bits per heavy atom. The lowest BCUT2D eigenvalue weighted by Crippen LogP contribution is -2.30. The summed E-state index contributed by atoms with van der Waals surface area (Å²) in [4.78, 5) is 37.6. The first kappa shape index (κ1) is 59.1. The van der Waals surface area contributed by atoms with Crippen molar-refractivity contribution >= 4 is 17.9 Å². The number of allylic oxidation sites excluding steroid dienone is 18. The van der Waals surface area contributed by atoms with Crippen molar-refractivity contribution in [1.29, 1.82) is 0 Å². The molecule has 0 aromatic heterocycles. The number of ether oxygens (including phenoxy) is 3. The summed E-state index contributed by atoms with van der Waals surface area (Å²) in [6.45, 7) is 6.32. The van der Waals surface area contributed by atoms with Gasteiger partial charge in [-0.05, 0) is 103 Å². The molecule has 1 unspecified atom stereocenters. The Labute approximate surface area is 387 Å². The molecule has 0 amide bonds. The Morgan fingerprint density at radius 1 is 0.333 bits per heavy atom. The molecule has 1 atom stereocenters. The van der Waals surface area contributed by atoms with Crippen LogP contribution in [0.5, 0.6) is 0 Å². The smallest absolute Gasteiger partial charge is 0.306 e. The Morgan fingerprint density at radius 3 is 1.03 bits per heavy atom. The van der Waals surface area contributed by atoms with E-state index in [1.807, 2.05) is 0 Å². The highest BCUT2D eigenvalue weighted by atomic mass is 16.6. The Kier molecular flexibility index (Phi) is 47.5. The number of unbranched alkanes of at least 4 members (excludes halogenated alkanes) is 15. The predicted octanol–water partition coefficient (Wildman–Crippen LogP) is 16.8. The molecule has 0 saturated carbocycles. The van der Waals surface area contributed by atoms with Crippen molar-refractivity contribution < 1.29 is 28.6 Å². The van der Waals surface area contributed by atoms with Crippen molar-refractivity contribution in [3.05, 3.63) is 109 Å². The molecule has 0 bridgehead atoms. The van der Waals surface area contributed by atoms with E-state index in [4.69, 9.17) is 14.2 Å². The fourth-order valence-corrected chi connectivity index (χ4v) is 6.46. The Hall–Kier alpha value is -3.93. The van der Waals surface area contributed by atoms with Crippen LogP contribution >= 0.6 is 0 Å². The summed E-state index contributed by atoms with van der Waals surface area (Å²) in [5.74, 6) is -0.949. The molecular weight excluding hydrogens is 781 g/mol. The minimum absolute atomic E-state index is 0.0927. The standard InChI is InChI=1S/C57H92O6/c1-4-7-10-13-15-17-19-21-22-23-24-25-26-27-28-29-30-31-32-33-34-36-37-39-41-44-47-50-56(59)62-53-54(52-61-55(58)49-46-43-12-9-6-3)63-57(60)51-48-45-42-40-38-35-20-18-16-14-11-8-5-2/h7,10-11,14-15,17-18,20-22,24-25,27-28,30-31,33-34,54H,4-6,8-9,12-13,16,19,23,26,29,32,35-53H2,1-3H3/b10-7-,14-11-,17-15-,20-18-,22-21-,25-24-,28-27-,31-30-,34-33-. The van der Waals surface area contributed by atoms with Gasteiger partial charge in [0.15, 0.2) is 6.10 Å². The molecule has 0 aromatic rings. The van der Waals surface area contributed by atoms with Crippen LogP contribution in [-0.4, -0.2) is 37.2 Å². The second-order valence-electron chi connectivity index (χ2n) is 16.3. The van der Waals surface area contributed by atoms with Gasteiger partial charge in [0.25, 0.3) is 0 Å². The molecule has 0 aliphatic rings. The third-order valence-corrected chi connectivity index (χ3v) is 10.2. The van der Waals surface area contributed by atoms with Gasteiger partial charge in [-0.1, -0.05) is 201 Å². The van der Waals surface area contributed by atoms with Crippen LogP contribution in [0.25, 0.3) is 0 Å². The minimum Gasteiger partial charge on any atom is -0.462 e. The van der Waals surface area contributed by atoms with Gasteiger partial charge in [-0.25, -0.2) is 0 Å². The molecule has 0 aromatic carbocycles. The summed E-state index contributed by atoms with van der Waals surface area (Å²) < 4.78 is 16.6. The molecule has 356 valence electrons. The van der Waals surface area contributed by atoms with Gasteiger partial charge in [0.05, 0.1) is 0 Å². The van der Waals surface area contributed by atoms with Crippen molar-refractivity contribution in [2.45, 2.75) is 219 Å². The number of hydrogen-bond acceptors (Lipinski definition) is 6. The number of hydrogen-bond donors (Lipinski definition) is 0. The molecule has 0 radical (unpaired) electrons. The van der Waals surface area contributed by atoms with Gasteiger partial charge < -0.3 is 14.2 Å². The number of carbonyl (C=O) groups is 3. The second-order valence-corrected chi connectivity index (χ2v) is 16.3. The molecule has 6 heteroatoms. The van der Waals surface area contributed by atoms with E-state index in [1.54, 1.807) is 0 Å². The zero-order chi connectivity index (χ0) is 45.8. The van der Waals surface area contributed by atoms with E-state index in [-0.39, 0.29) is 31.1 Å². The van der Waals surface area contributed by atoms with Crippen LogP contribution in [0.15, 0.2) is 109 Å². The molecule has 63 heavy (non-hydrogen) atoms. The highest BCUT2D eigenvalue weighted by molar-refractivity contribution is 5.71. The minimum atomic E-state index is -0.790. The molecule has 6 nitrogen and oxygen atoms in total. The normalized spacial score (nSPS) is 13.0. The van der Waals surface area contributed by atoms with E-state index < -0.39 is 6.10 Å². The van der Waals surface area contributed by atoms with Crippen LogP contribution in [0.4, 0.5) is 0 Å². The van der Waals surface area contributed by atoms with Gasteiger partial charge in [-0.2, -0.15) is 0 Å². The zero-order valence-corrected chi connectivity index (χ0v) is 40.5. The largest absolute Gasteiger partial charge is 0.462 e. The summed E-state index contributed by atoms with van der Waals surface area (Å²) in [5.41, 5.74) is 0. The van der Waals surface area contributed by atoms with Crippen molar-refractivity contribution in [3.63, 3.8) is 0 Å². The maximum atomic E-state index is 12.7. The lowest BCUT2D eigenvalue weighted by atomic mass is 10.1. The van der Waals surface area contributed by atoms with E-state index >= 15 is 0 Å². The highest BCUT2D eigenvalue weighted by Gasteiger charge is 2.19. The molecule has 0 aliphatic heterocycles. The van der Waals surface area contributed by atoms with Gasteiger partial charge in [-0.3, -0.25) is 14.4 Å². The molecule has 0 aliphatic carbocycles. The van der Waals surface area contributed by atoms with Crippen LogP contribution in [0, 0.1) is 0 Å². The topological polar surface area (TPSA) is 78.9 Å². The third kappa shape index (κ3) is 49.0. The maximum absolute atomic E-state index is 12.7. The third-order valence-electron chi connectivity index (χ3n) is 10.2. The van der Waals surface area contributed by atoms with E-state index in [0.717, 1.165) is 167 Å².